The number of rotatable bonds is 4. The van der Waals surface area contributed by atoms with Gasteiger partial charge in [0.25, 0.3) is 0 Å². The first-order chi connectivity index (χ1) is 5.79. The third-order valence-electron chi connectivity index (χ3n) is 1.49. The average molecular weight is 234 g/mol. The number of ether oxygens (including phenoxy) is 1. The molecule has 0 radical (unpaired) electrons. The van der Waals surface area contributed by atoms with Gasteiger partial charge >= 0.3 is 35.5 Å². The number of aliphatic hydroxyl groups is 1. The molecule has 0 amide bonds. The molecule has 0 saturated heterocycles. The largest absolute Gasteiger partial charge is 1.00 e. The van der Waals surface area contributed by atoms with Crippen LogP contribution in [0.4, 0.5) is 0 Å². The van der Waals surface area contributed by atoms with Gasteiger partial charge in [-0.15, -0.1) is 0 Å². The Labute approximate surface area is 105 Å². The molecule has 2 unspecified atom stereocenters. The Kier molecular flexibility index (Phi) is 8.09. The van der Waals surface area contributed by atoms with Crippen LogP contribution in [0.15, 0.2) is 0 Å². The van der Waals surface area contributed by atoms with Crippen molar-refractivity contribution in [3.63, 3.8) is 0 Å². The minimum atomic E-state index is -4.74. The zero-order valence-corrected chi connectivity index (χ0v) is 11.1. The van der Waals surface area contributed by atoms with Gasteiger partial charge in [-0.25, -0.2) is 8.42 Å². The van der Waals surface area contributed by atoms with Crippen molar-refractivity contribution in [1.29, 1.82) is 0 Å². The Hall–Kier alpha value is 0.340. The van der Waals surface area contributed by atoms with Crippen LogP contribution in [0.3, 0.4) is 0 Å². The summed E-state index contributed by atoms with van der Waals surface area (Å²) in [6.07, 6.45) is -0.446. The molecule has 0 heterocycles. The second-order valence-electron chi connectivity index (χ2n) is 2.61. The topological polar surface area (TPSA) is 104 Å². The predicted molar refractivity (Wildman–Crippen MR) is 41.5 cm³/mol. The van der Waals surface area contributed by atoms with E-state index in [2.05, 4.69) is 4.74 Å². The molecule has 0 rings (SSSR count). The number of methoxy groups -OCH3 is 1. The summed E-state index contributed by atoms with van der Waals surface area (Å²) in [5.74, 6) is -1.48. The quantitative estimate of drug-likeness (QED) is 0.302. The number of carbonyl (C=O) groups is 1. The zero-order chi connectivity index (χ0) is 10.6. The summed E-state index contributed by atoms with van der Waals surface area (Å²) in [5, 5.41) is 8.79. The van der Waals surface area contributed by atoms with E-state index in [1.807, 2.05) is 0 Å². The Morgan fingerprint density at radius 1 is 1.57 bits per heavy atom. The van der Waals surface area contributed by atoms with Gasteiger partial charge < -0.3 is 14.4 Å². The molecule has 0 aromatic heterocycles. The van der Waals surface area contributed by atoms with Crippen LogP contribution in [0.2, 0.25) is 0 Å². The van der Waals surface area contributed by atoms with Gasteiger partial charge in [-0.2, -0.15) is 0 Å². The van der Waals surface area contributed by atoms with E-state index >= 15 is 0 Å². The third-order valence-corrected chi connectivity index (χ3v) is 2.35. The molecular weight excluding hydrogens is 223 g/mol. The van der Waals surface area contributed by atoms with Crippen molar-refractivity contribution < 1.29 is 57.2 Å². The summed E-state index contributed by atoms with van der Waals surface area (Å²) < 4.78 is 34.9. The van der Waals surface area contributed by atoms with Crippen LogP contribution in [-0.4, -0.2) is 36.6 Å². The fraction of sp³-hybridized carbons (Fsp3) is 0.833. The Balaban J connectivity index is 0. The summed E-state index contributed by atoms with van der Waals surface area (Å²) in [7, 11) is -3.61. The van der Waals surface area contributed by atoms with Crippen LogP contribution in [-0.2, 0) is 19.6 Å². The molecule has 0 saturated carbocycles. The first-order valence-electron chi connectivity index (χ1n) is 3.49. The normalized spacial score (nSPS) is 15.1. The maximum absolute atomic E-state index is 10.7. The van der Waals surface area contributed by atoms with Gasteiger partial charge in [0.05, 0.1) is 13.0 Å². The van der Waals surface area contributed by atoms with Gasteiger partial charge in [-0.3, -0.25) is 4.79 Å². The molecule has 0 aliphatic heterocycles. The molecule has 14 heavy (non-hydrogen) atoms. The van der Waals surface area contributed by atoms with E-state index in [-0.39, 0.29) is 29.6 Å². The van der Waals surface area contributed by atoms with Gasteiger partial charge in [0.1, 0.15) is 15.6 Å². The summed E-state index contributed by atoms with van der Waals surface area (Å²) in [6.45, 7) is 1.36. The molecule has 0 fully saturated rings. The Morgan fingerprint density at radius 3 is 2.29 bits per heavy atom. The molecule has 0 bridgehead atoms. The molecule has 0 spiro atoms. The van der Waals surface area contributed by atoms with Crippen molar-refractivity contribution in [2.45, 2.75) is 18.8 Å². The average Bonchev–Trinajstić information content (AvgIpc) is 2.01. The van der Waals surface area contributed by atoms with Crippen molar-refractivity contribution in [3.8, 4) is 0 Å². The fourth-order valence-electron chi connectivity index (χ4n) is 0.718. The first-order valence-corrected chi connectivity index (χ1v) is 4.96. The van der Waals surface area contributed by atoms with E-state index in [1.54, 1.807) is 0 Å². The monoisotopic (exact) mass is 234 g/mol. The summed E-state index contributed by atoms with van der Waals surface area (Å²) in [6, 6.07) is 0. The molecule has 6 nitrogen and oxygen atoms in total. The minimum absolute atomic E-state index is 0. The van der Waals surface area contributed by atoms with Crippen molar-refractivity contribution in [2.75, 3.05) is 7.11 Å². The number of esters is 1. The number of aliphatic hydroxyl groups excluding tert-OH is 1. The smallest absolute Gasteiger partial charge is 0.746 e. The van der Waals surface area contributed by atoms with Crippen molar-refractivity contribution in [1.82, 2.24) is 0 Å². The van der Waals surface area contributed by atoms with Crippen LogP contribution >= 0.6 is 0 Å². The number of hydrogen-bond donors (Lipinski definition) is 1. The van der Waals surface area contributed by atoms with E-state index < -0.39 is 33.9 Å². The molecule has 78 valence electrons. The van der Waals surface area contributed by atoms with Crippen molar-refractivity contribution in [3.05, 3.63) is 0 Å². The van der Waals surface area contributed by atoms with Crippen LogP contribution in [0.25, 0.3) is 0 Å². The van der Waals surface area contributed by atoms with Gasteiger partial charge in [0.15, 0.2) is 0 Å². The first kappa shape index (κ1) is 16.8. The van der Waals surface area contributed by atoms with Crippen molar-refractivity contribution >= 4 is 16.1 Å². The maximum atomic E-state index is 10.7. The molecule has 0 aliphatic carbocycles. The molecule has 0 aromatic rings. The predicted octanol–water partition coefficient (Wildman–Crippen LogP) is -3.95. The van der Waals surface area contributed by atoms with Crippen molar-refractivity contribution in [2.24, 2.45) is 5.92 Å². The second-order valence-corrected chi connectivity index (χ2v) is 4.14. The van der Waals surface area contributed by atoms with Gasteiger partial charge in [0, 0.05) is 0 Å². The third kappa shape index (κ3) is 5.94. The molecule has 1 N–H and O–H groups in total. The summed E-state index contributed by atoms with van der Waals surface area (Å²) in [5.41, 5.74) is -2.05. The molecular formula is C6H11NaO6S. The van der Waals surface area contributed by atoms with Crippen LogP contribution in [0, 0.1) is 5.92 Å². The number of carbonyl (C=O) groups excluding carboxylic acids is 1. The summed E-state index contributed by atoms with van der Waals surface area (Å²) >= 11 is 0. The van der Waals surface area contributed by atoms with Crippen LogP contribution < -0.4 is 29.6 Å². The SMILES string of the molecule is COC(=O)C(C)CC(O)S(=O)(=O)[O-].[Na+]. The molecule has 2 atom stereocenters. The second kappa shape index (κ2) is 6.76. The Bertz CT molecular complexity index is 274. The Morgan fingerprint density at radius 2 is 2.00 bits per heavy atom. The molecule has 0 aromatic carbocycles. The number of hydrogen-bond acceptors (Lipinski definition) is 6. The van der Waals surface area contributed by atoms with Crippen LogP contribution in [0.5, 0.6) is 0 Å². The summed E-state index contributed by atoms with van der Waals surface area (Å²) in [4.78, 5) is 10.7. The van der Waals surface area contributed by atoms with E-state index in [9.17, 15) is 17.8 Å². The van der Waals surface area contributed by atoms with E-state index in [1.165, 1.54) is 6.92 Å². The minimum Gasteiger partial charge on any atom is -0.746 e. The van der Waals surface area contributed by atoms with Crippen LogP contribution in [0.1, 0.15) is 13.3 Å². The molecule has 0 aliphatic rings. The zero-order valence-electron chi connectivity index (χ0n) is 8.26. The van der Waals surface area contributed by atoms with Gasteiger partial charge in [0.2, 0.25) is 0 Å². The molecule has 8 heteroatoms. The van der Waals surface area contributed by atoms with E-state index in [0.717, 1.165) is 7.11 Å². The fourth-order valence-corrected chi connectivity index (χ4v) is 1.24. The van der Waals surface area contributed by atoms with Gasteiger partial charge in [-0.05, 0) is 6.42 Å². The van der Waals surface area contributed by atoms with E-state index in [4.69, 9.17) is 5.11 Å². The standard InChI is InChI=1S/C6H12O6S.Na/c1-4(6(8)12-2)3-5(7)13(9,10)11;/h4-5,7H,3H2,1-2H3,(H,9,10,11);/q;+1/p-1. The van der Waals surface area contributed by atoms with Gasteiger partial charge in [-0.1, -0.05) is 6.92 Å². The van der Waals surface area contributed by atoms with E-state index in [0.29, 0.717) is 0 Å². The maximum Gasteiger partial charge on any atom is 1.00 e.